The number of rotatable bonds is 3. The molecule has 8 heteroatoms. The third kappa shape index (κ3) is 10.7. The van der Waals surface area contributed by atoms with Gasteiger partial charge in [0.1, 0.15) is 11.2 Å². The van der Waals surface area contributed by atoms with Crippen molar-refractivity contribution < 1.29 is 19.1 Å². The molecule has 2 amide bonds. The fraction of sp³-hybridized carbons (Fsp3) is 0.786. The van der Waals surface area contributed by atoms with Crippen molar-refractivity contribution in [2.75, 3.05) is 12.3 Å². The van der Waals surface area contributed by atoms with Gasteiger partial charge in [-0.15, -0.1) is 11.8 Å². The van der Waals surface area contributed by atoms with Gasteiger partial charge in [0.05, 0.1) is 10.7 Å². The molecule has 0 bridgehead atoms. The Morgan fingerprint density at radius 2 is 1.59 bits per heavy atom. The van der Waals surface area contributed by atoms with Crippen molar-refractivity contribution in [3.8, 4) is 0 Å². The molecule has 6 nitrogen and oxygen atoms in total. The molecule has 0 aliphatic heterocycles. The summed E-state index contributed by atoms with van der Waals surface area (Å²) in [4.78, 5) is 24.0. The van der Waals surface area contributed by atoms with Gasteiger partial charge in [0.25, 0.3) is 0 Å². The summed E-state index contributed by atoms with van der Waals surface area (Å²) in [5.74, 6) is 0.785. The summed E-state index contributed by atoms with van der Waals surface area (Å²) in [5, 5.41) is 1.03. The zero-order valence-corrected chi connectivity index (χ0v) is 15.9. The fourth-order valence-corrected chi connectivity index (χ4v) is 2.24. The molecule has 0 spiro atoms. The number of thioether (sulfide) groups is 1. The summed E-state index contributed by atoms with van der Waals surface area (Å²) in [6.07, 6.45) is -1.42. The van der Waals surface area contributed by atoms with Crippen LogP contribution in [-0.2, 0) is 9.47 Å². The summed E-state index contributed by atoms with van der Waals surface area (Å²) < 4.78 is 11.0. The molecule has 128 valence electrons. The van der Waals surface area contributed by atoms with Crippen LogP contribution in [0.1, 0.15) is 48.5 Å². The Kier molecular flexibility index (Phi) is 8.17. The predicted octanol–water partition coefficient (Wildman–Crippen LogP) is 3.74. The second kappa shape index (κ2) is 8.57. The van der Waals surface area contributed by atoms with Crippen LogP contribution >= 0.6 is 24.0 Å². The number of ether oxygens (including phenoxy) is 2. The molecule has 1 N–H and O–H groups in total. The number of hydrogen-bond donors (Lipinski definition) is 1. The lowest BCUT2D eigenvalue weighted by atomic mass is 10.2. The molecule has 0 atom stereocenters. The highest BCUT2D eigenvalue weighted by Crippen LogP contribution is 2.12. The number of carbonyl (C=O) groups is 2. The summed E-state index contributed by atoms with van der Waals surface area (Å²) in [6.45, 7) is 12.5. The Morgan fingerprint density at radius 1 is 1.09 bits per heavy atom. The number of nitrogens with one attached hydrogen (secondary N) is 1. The Hall–Kier alpha value is -1.02. The van der Waals surface area contributed by atoms with E-state index in [4.69, 9.17) is 21.7 Å². The van der Waals surface area contributed by atoms with E-state index in [9.17, 15) is 9.59 Å². The molecule has 0 saturated heterocycles. The first-order valence-electron chi connectivity index (χ1n) is 7.00. The zero-order valence-electron chi connectivity index (χ0n) is 14.3. The number of amides is 2. The molecule has 0 heterocycles. The van der Waals surface area contributed by atoms with E-state index >= 15 is 0 Å². The quantitative estimate of drug-likeness (QED) is 0.618. The SMILES string of the molecule is CCSC(=S)CN(NC(=O)OC(C)(C)C)C(=O)OC(C)(C)C. The molecule has 0 aliphatic rings. The first-order chi connectivity index (χ1) is 9.84. The molecule has 0 rings (SSSR count). The van der Waals surface area contributed by atoms with Gasteiger partial charge < -0.3 is 9.47 Å². The van der Waals surface area contributed by atoms with Crippen LogP contribution in [0.25, 0.3) is 0 Å². The normalized spacial score (nSPS) is 11.6. The lowest BCUT2D eigenvalue weighted by Crippen LogP contribution is -2.51. The first-order valence-corrected chi connectivity index (χ1v) is 8.39. The molecule has 0 aromatic rings. The van der Waals surface area contributed by atoms with E-state index in [1.54, 1.807) is 41.5 Å². The van der Waals surface area contributed by atoms with Crippen LogP contribution in [0.2, 0.25) is 0 Å². The van der Waals surface area contributed by atoms with Crippen molar-refractivity contribution in [2.24, 2.45) is 0 Å². The number of nitrogens with zero attached hydrogens (tertiary/aromatic N) is 1. The number of carbonyl (C=O) groups excluding carboxylic acids is 2. The lowest BCUT2D eigenvalue weighted by Gasteiger charge is -2.28. The predicted molar refractivity (Wildman–Crippen MR) is 93.0 cm³/mol. The van der Waals surface area contributed by atoms with Gasteiger partial charge in [-0.1, -0.05) is 19.1 Å². The molecule has 0 saturated carbocycles. The smallest absolute Gasteiger partial charge is 0.429 e. The topological polar surface area (TPSA) is 67.9 Å². The van der Waals surface area contributed by atoms with Crippen molar-refractivity contribution in [3.63, 3.8) is 0 Å². The maximum absolute atomic E-state index is 12.2. The highest BCUT2D eigenvalue weighted by atomic mass is 32.2. The van der Waals surface area contributed by atoms with Gasteiger partial charge in [0.15, 0.2) is 0 Å². The van der Waals surface area contributed by atoms with E-state index in [1.807, 2.05) is 6.92 Å². The zero-order chi connectivity index (χ0) is 17.6. The molecular formula is C14H26N2O4S2. The summed E-state index contributed by atoms with van der Waals surface area (Å²) in [6, 6.07) is 0. The van der Waals surface area contributed by atoms with E-state index in [1.165, 1.54) is 11.8 Å². The largest absolute Gasteiger partial charge is 0.443 e. The third-order valence-electron chi connectivity index (χ3n) is 1.83. The maximum Gasteiger partial charge on any atom is 0.429 e. The van der Waals surface area contributed by atoms with Crippen LogP contribution in [0.4, 0.5) is 9.59 Å². The van der Waals surface area contributed by atoms with E-state index in [0.29, 0.717) is 4.20 Å². The van der Waals surface area contributed by atoms with E-state index in [0.717, 1.165) is 10.8 Å². The van der Waals surface area contributed by atoms with Gasteiger partial charge in [0.2, 0.25) is 0 Å². The van der Waals surface area contributed by atoms with Gasteiger partial charge in [0, 0.05) is 0 Å². The maximum atomic E-state index is 12.2. The summed E-state index contributed by atoms with van der Waals surface area (Å²) in [7, 11) is 0. The number of hydrazine groups is 1. The monoisotopic (exact) mass is 350 g/mol. The minimum atomic E-state index is -0.734. The molecule has 0 aromatic carbocycles. The van der Waals surface area contributed by atoms with Gasteiger partial charge >= 0.3 is 12.2 Å². The third-order valence-corrected chi connectivity index (χ3v) is 3.05. The second-order valence-electron chi connectivity index (χ2n) is 6.49. The van der Waals surface area contributed by atoms with Gasteiger partial charge in [-0.2, -0.15) is 0 Å². The van der Waals surface area contributed by atoms with Crippen LogP contribution in [0.5, 0.6) is 0 Å². The Morgan fingerprint density at radius 3 is 2.00 bits per heavy atom. The molecule has 0 aliphatic carbocycles. The van der Waals surface area contributed by atoms with Crippen molar-refractivity contribution in [2.45, 2.75) is 59.7 Å². The minimum absolute atomic E-state index is 0.0714. The average Bonchev–Trinajstić information content (AvgIpc) is 2.23. The first kappa shape index (κ1) is 21.0. The van der Waals surface area contributed by atoms with Gasteiger partial charge in [-0.3, -0.25) is 0 Å². The van der Waals surface area contributed by atoms with Gasteiger partial charge in [-0.05, 0) is 47.3 Å². The number of thiocarbonyl (C=S) groups is 1. The Bertz CT molecular complexity index is 414. The van der Waals surface area contributed by atoms with Crippen LogP contribution in [0, 0.1) is 0 Å². The second-order valence-corrected chi connectivity index (χ2v) is 8.60. The van der Waals surface area contributed by atoms with Crippen LogP contribution in [0.15, 0.2) is 0 Å². The van der Waals surface area contributed by atoms with Crippen molar-refractivity contribution in [1.82, 2.24) is 10.4 Å². The molecular weight excluding hydrogens is 324 g/mol. The van der Waals surface area contributed by atoms with E-state index in [2.05, 4.69) is 5.43 Å². The molecule has 0 fully saturated rings. The number of hydrogen-bond acceptors (Lipinski definition) is 6. The van der Waals surface area contributed by atoms with Crippen LogP contribution < -0.4 is 5.43 Å². The molecule has 22 heavy (non-hydrogen) atoms. The van der Waals surface area contributed by atoms with Crippen molar-refractivity contribution >= 4 is 40.4 Å². The molecule has 0 radical (unpaired) electrons. The van der Waals surface area contributed by atoms with E-state index in [-0.39, 0.29) is 6.54 Å². The van der Waals surface area contributed by atoms with E-state index < -0.39 is 23.4 Å². The van der Waals surface area contributed by atoms with Crippen molar-refractivity contribution in [1.29, 1.82) is 0 Å². The Labute approximate surface area is 142 Å². The van der Waals surface area contributed by atoms with Crippen LogP contribution in [-0.4, -0.2) is 44.9 Å². The Balaban J connectivity index is 4.89. The minimum Gasteiger partial charge on any atom is -0.443 e. The highest BCUT2D eigenvalue weighted by molar-refractivity contribution is 8.23. The highest BCUT2D eigenvalue weighted by Gasteiger charge is 2.26. The lowest BCUT2D eigenvalue weighted by molar-refractivity contribution is 0.00523. The summed E-state index contributed by atoms with van der Waals surface area (Å²) >= 11 is 6.60. The van der Waals surface area contributed by atoms with Crippen molar-refractivity contribution in [3.05, 3.63) is 0 Å². The molecule has 0 unspecified atom stereocenters. The van der Waals surface area contributed by atoms with Gasteiger partial charge in [-0.25, -0.2) is 20.0 Å². The standard InChI is InChI=1S/C14H26N2O4S2/c1-8-22-10(21)9-16(12(18)20-14(5,6)7)15-11(17)19-13(2,3)4/h8-9H2,1-7H3,(H,15,17). The van der Waals surface area contributed by atoms with Crippen LogP contribution in [0.3, 0.4) is 0 Å². The fourth-order valence-electron chi connectivity index (χ4n) is 1.21. The summed E-state index contributed by atoms with van der Waals surface area (Å²) in [5.41, 5.74) is 1.04. The molecule has 0 aromatic heterocycles. The average molecular weight is 351 g/mol.